The SMILES string of the molecule is c1cnc2c(c1)nc(-c1ccc3c(c1)OCO3)n2Cc1ccc2c(c1)OCO2. The summed E-state index contributed by atoms with van der Waals surface area (Å²) in [7, 11) is 0. The van der Waals surface area contributed by atoms with E-state index >= 15 is 0 Å². The van der Waals surface area contributed by atoms with E-state index in [4.69, 9.17) is 23.9 Å². The number of pyridine rings is 1. The third-order valence-electron chi connectivity index (χ3n) is 4.91. The molecule has 2 aromatic heterocycles. The van der Waals surface area contributed by atoms with Crippen LogP contribution in [0, 0.1) is 0 Å². The first-order valence-corrected chi connectivity index (χ1v) is 8.95. The Morgan fingerprint density at radius 1 is 0.821 bits per heavy atom. The molecule has 6 rings (SSSR count). The second-order valence-electron chi connectivity index (χ2n) is 6.62. The zero-order chi connectivity index (χ0) is 18.5. The highest BCUT2D eigenvalue weighted by Crippen LogP contribution is 2.37. The molecular formula is C21H15N3O4. The average molecular weight is 373 g/mol. The van der Waals surface area contributed by atoms with Crippen LogP contribution in [0.2, 0.25) is 0 Å². The third-order valence-corrected chi connectivity index (χ3v) is 4.91. The summed E-state index contributed by atoms with van der Waals surface area (Å²) < 4.78 is 24.0. The lowest BCUT2D eigenvalue weighted by molar-refractivity contribution is 0.173. The summed E-state index contributed by atoms with van der Waals surface area (Å²) in [5.41, 5.74) is 3.70. The minimum Gasteiger partial charge on any atom is -0.454 e. The first kappa shape index (κ1) is 15.3. The fourth-order valence-electron chi connectivity index (χ4n) is 3.59. The fraction of sp³-hybridized carbons (Fsp3) is 0.143. The second-order valence-corrected chi connectivity index (χ2v) is 6.62. The van der Waals surface area contributed by atoms with Gasteiger partial charge in [0.15, 0.2) is 28.6 Å². The number of nitrogens with zero attached hydrogens (tertiary/aromatic N) is 3. The highest BCUT2D eigenvalue weighted by atomic mass is 16.7. The molecule has 7 heteroatoms. The van der Waals surface area contributed by atoms with Crippen LogP contribution in [0.25, 0.3) is 22.6 Å². The molecule has 28 heavy (non-hydrogen) atoms. The molecule has 138 valence electrons. The van der Waals surface area contributed by atoms with Gasteiger partial charge < -0.3 is 23.5 Å². The fourth-order valence-corrected chi connectivity index (χ4v) is 3.59. The molecule has 0 atom stereocenters. The summed E-state index contributed by atoms with van der Waals surface area (Å²) in [6.07, 6.45) is 1.78. The normalized spacial score (nSPS) is 14.0. The topological polar surface area (TPSA) is 67.6 Å². The molecule has 2 aliphatic heterocycles. The van der Waals surface area contributed by atoms with Crippen molar-refractivity contribution in [3.05, 3.63) is 60.3 Å². The molecule has 0 bridgehead atoms. The lowest BCUT2D eigenvalue weighted by Crippen LogP contribution is -2.03. The van der Waals surface area contributed by atoms with Crippen LogP contribution >= 0.6 is 0 Å². The van der Waals surface area contributed by atoms with Gasteiger partial charge in [0.2, 0.25) is 13.6 Å². The number of ether oxygens (including phenoxy) is 4. The van der Waals surface area contributed by atoms with Crippen LogP contribution in [-0.4, -0.2) is 28.1 Å². The summed E-state index contributed by atoms with van der Waals surface area (Å²) in [6.45, 7) is 1.11. The standard InChI is InChI=1S/C21H15N3O4/c1-2-15-21(22-7-1)24(10-13-3-5-16-18(8-13)27-11-25-16)20(23-15)14-4-6-17-19(9-14)28-12-26-17/h1-9H,10-12H2. The van der Waals surface area contributed by atoms with E-state index < -0.39 is 0 Å². The molecular weight excluding hydrogens is 358 g/mol. The summed E-state index contributed by atoms with van der Waals surface area (Å²) in [5, 5.41) is 0. The monoisotopic (exact) mass is 373 g/mol. The number of benzene rings is 2. The van der Waals surface area contributed by atoms with Gasteiger partial charge in [-0.05, 0) is 48.0 Å². The van der Waals surface area contributed by atoms with E-state index in [1.165, 1.54) is 0 Å². The van der Waals surface area contributed by atoms with E-state index in [0.29, 0.717) is 6.54 Å². The summed E-state index contributed by atoms with van der Waals surface area (Å²) in [6, 6.07) is 15.7. The van der Waals surface area contributed by atoms with E-state index in [1.54, 1.807) is 6.20 Å². The van der Waals surface area contributed by atoms with Gasteiger partial charge in [-0.1, -0.05) is 6.07 Å². The molecule has 0 spiro atoms. The Morgan fingerprint density at radius 2 is 1.57 bits per heavy atom. The maximum atomic E-state index is 5.54. The molecule has 4 aromatic rings. The molecule has 4 heterocycles. The van der Waals surface area contributed by atoms with Crippen LogP contribution in [0.5, 0.6) is 23.0 Å². The molecule has 0 saturated carbocycles. The van der Waals surface area contributed by atoms with Gasteiger partial charge in [-0.15, -0.1) is 0 Å². The average Bonchev–Trinajstić information content (AvgIpc) is 3.45. The number of rotatable bonds is 3. The van der Waals surface area contributed by atoms with Crippen LogP contribution in [0.1, 0.15) is 5.56 Å². The molecule has 0 fully saturated rings. The van der Waals surface area contributed by atoms with Gasteiger partial charge >= 0.3 is 0 Å². The Hall–Kier alpha value is -3.74. The molecule has 0 aliphatic carbocycles. The molecule has 0 radical (unpaired) electrons. The second kappa shape index (κ2) is 5.88. The highest BCUT2D eigenvalue weighted by molar-refractivity contribution is 5.78. The summed E-state index contributed by atoms with van der Waals surface area (Å²) in [5.74, 6) is 3.84. The first-order valence-electron chi connectivity index (χ1n) is 8.95. The van der Waals surface area contributed by atoms with E-state index in [0.717, 1.165) is 51.1 Å². The number of aromatic nitrogens is 3. The zero-order valence-corrected chi connectivity index (χ0v) is 14.8. The highest BCUT2D eigenvalue weighted by Gasteiger charge is 2.20. The number of imidazole rings is 1. The minimum atomic E-state index is 0.244. The van der Waals surface area contributed by atoms with Crippen molar-refractivity contribution in [3.8, 4) is 34.4 Å². The quantitative estimate of drug-likeness (QED) is 0.547. The molecule has 0 N–H and O–H groups in total. The van der Waals surface area contributed by atoms with E-state index in [9.17, 15) is 0 Å². The van der Waals surface area contributed by atoms with Gasteiger partial charge in [-0.25, -0.2) is 9.97 Å². The van der Waals surface area contributed by atoms with E-state index in [-0.39, 0.29) is 13.6 Å². The van der Waals surface area contributed by atoms with Crippen molar-refractivity contribution in [1.29, 1.82) is 0 Å². The Morgan fingerprint density at radius 3 is 2.43 bits per heavy atom. The molecule has 2 aliphatic rings. The van der Waals surface area contributed by atoms with Crippen LogP contribution in [-0.2, 0) is 6.54 Å². The van der Waals surface area contributed by atoms with Gasteiger partial charge in [-0.3, -0.25) is 0 Å². The summed E-state index contributed by atoms with van der Waals surface area (Å²) in [4.78, 5) is 9.38. The summed E-state index contributed by atoms with van der Waals surface area (Å²) >= 11 is 0. The zero-order valence-electron chi connectivity index (χ0n) is 14.8. The Balaban J connectivity index is 1.48. The van der Waals surface area contributed by atoms with Crippen LogP contribution in [0.3, 0.4) is 0 Å². The minimum absolute atomic E-state index is 0.244. The Bertz CT molecular complexity index is 1220. The van der Waals surface area contributed by atoms with Gasteiger partial charge in [0.1, 0.15) is 11.3 Å². The smallest absolute Gasteiger partial charge is 0.231 e. The molecule has 0 unspecified atom stereocenters. The first-order chi connectivity index (χ1) is 13.8. The largest absolute Gasteiger partial charge is 0.454 e. The Labute approximate surface area is 160 Å². The van der Waals surface area contributed by atoms with Gasteiger partial charge in [0.05, 0.1) is 6.54 Å². The van der Waals surface area contributed by atoms with E-state index in [1.807, 2.05) is 48.5 Å². The van der Waals surface area contributed by atoms with Crippen LogP contribution in [0.4, 0.5) is 0 Å². The number of hydrogen-bond acceptors (Lipinski definition) is 6. The van der Waals surface area contributed by atoms with Crippen molar-refractivity contribution >= 4 is 11.2 Å². The predicted octanol–water partition coefficient (Wildman–Crippen LogP) is 3.60. The van der Waals surface area contributed by atoms with Crippen LogP contribution < -0.4 is 18.9 Å². The predicted molar refractivity (Wildman–Crippen MR) is 101 cm³/mol. The van der Waals surface area contributed by atoms with Crippen molar-refractivity contribution in [2.75, 3.05) is 13.6 Å². The van der Waals surface area contributed by atoms with Crippen molar-refractivity contribution in [1.82, 2.24) is 14.5 Å². The maximum Gasteiger partial charge on any atom is 0.231 e. The van der Waals surface area contributed by atoms with Crippen molar-refractivity contribution < 1.29 is 18.9 Å². The lowest BCUT2D eigenvalue weighted by Gasteiger charge is -2.10. The van der Waals surface area contributed by atoms with Gasteiger partial charge in [-0.2, -0.15) is 0 Å². The molecule has 0 amide bonds. The molecule has 7 nitrogen and oxygen atoms in total. The van der Waals surface area contributed by atoms with Gasteiger partial charge in [0, 0.05) is 11.8 Å². The van der Waals surface area contributed by atoms with Gasteiger partial charge in [0.25, 0.3) is 0 Å². The molecule has 0 saturated heterocycles. The van der Waals surface area contributed by atoms with Crippen molar-refractivity contribution in [3.63, 3.8) is 0 Å². The number of fused-ring (bicyclic) bond motifs is 3. The van der Waals surface area contributed by atoms with Crippen molar-refractivity contribution in [2.45, 2.75) is 6.54 Å². The lowest BCUT2D eigenvalue weighted by atomic mass is 10.1. The van der Waals surface area contributed by atoms with Crippen LogP contribution in [0.15, 0.2) is 54.7 Å². The van der Waals surface area contributed by atoms with E-state index in [2.05, 4.69) is 9.55 Å². The Kier molecular flexibility index (Phi) is 3.22. The maximum absolute atomic E-state index is 5.54. The third kappa shape index (κ3) is 2.36. The molecule has 2 aromatic carbocycles. The van der Waals surface area contributed by atoms with Crippen molar-refractivity contribution in [2.24, 2.45) is 0 Å². The number of hydrogen-bond donors (Lipinski definition) is 0.